The molecule has 1 aromatic rings. The zero-order valence-corrected chi connectivity index (χ0v) is 8.57. The van der Waals surface area contributed by atoms with Crippen LogP contribution >= 0.6 is 0 Å². The minimum Gasteiger partial charge on any atom is -0.398 e. The Hall–Kier alpha value is -2.11. The van der Waals surface area contributed by atoms with Gasteiger partial charge in [0.1, 0.15) is 0 Å². The number of azide groups is 1. The Kier molecular flexibility index (Phi) is 4.08. The average molecular weight is 200 g/mol. The Bertz CT molecular complexity index is 447. The largest absolute Gasteiger partial charge is 0.398 e. The predicted molar refractivity (Wildman–Crippen MR) is 61.1 cm³/mol. The standard InChI is InChI=1S/C11H12N4/c1-9-5-6-10(11(12)8-9)4-2-3-7-14-15-13/h5-6,8H,3,7,12H2,1H3. The average Bonchev–Trinajstić information content (AvgIpc) is 2.20. The molecule has 0 atom stereocenters. The van der Waals surface area contributed by atoms with Gasteiger partial charge < -0.3 is 5.73 Å². The lowest BCUT2D eigenvalue weighted by Gasteiger charge is -1.98. The second-order valence-corrected chi connectivity index (χ2v) is 3.10. The van der Waals surface area contributed by atoms with Crippen molar-refractivity contribution in [2.24, 2.45) is 5.11 Å². The molecule has 0 saturated carbocycles. The van der Waals surface area contributed by atoms with E-state index in [1.54, 1.807) is 0 Å². The first-order valence-electron chi connectivity index (χ1n) is 4.60. The Morgan fingerprint density at radius 3 is 3.00 bits per heavy atom. The lowest BCUT2D eigenvalue weighted by Crippen LogP contribution is -1.90. The first kappa shape index (κ1) is 11.0. The summed E-state index contributed by atoms with van der Waals surface area (Å²) < 4.78 is 0. The monoisotopic (exact) mass is 200 g/mol. The fraction of sp³-hybridized carbons (Fsp3) is 0.273. The topological polar surface area (TPSA) is 74.8 Å². The lowest BCUT2D eigenvalue weighted by atomic mass is 10.1. The zero-order chi connectivity index (χ0) is 11.1. The molecule has 0 saturated heterocycles. The number of nitrogen functional groups attached to an aromatic ring is 1. The molecular formula is C11H12N4. The van der Waals surface area contributed by atoms with E-state index in [9.17, 15) is 0 Å². The van der Waals surface area contributed by atoms with Gasteiger partial charge in [0.2, 0.25) is 0 Å². The maximum absolute atomic E-state index is 8.05. The van der Waals surface area contributed by atoms with Crippen molar-refractivity contribution in [2.75, 3.05) is 12.3 Å². The molecular weight excluding hydrogens is 188 g/mol. The molecule has 0 aliphatic rings. The maximum Gasteiger partial charge on any atom is 0.0475 e. The minimum absolute atomic E-state index is 0.398. The molecule has 2 N–H and O–H groups in total. The van der Waals surface area contributed by atoms with E-state index in [4.69, 9.17) is 11.3 Å². The Morgan fingerprint density at radius 1 is 1.53 bits per heavy atom. The van der Waals surface area contributed by atoms with Crippen LogP contribution in [0.5, 0.6) is 0 Å². The van der Waals surface area contributed by atoms with Gasteiger partial charge >= 0.3 is 0 Å². The summed E-state index contributed by atoms with van der Waals surface area (Å²) in [7, 11) is 0. The van der Waals surface area contributed by atoms with E-state index in [1.165, 1.54) is 0 Å². The smallest absolute Gasteiger partial charge is 0.0475 e. The van der Waals surface area contributed by atoms with E-state index in [-0.39, 0.29) is 0 Å². The minimum atomic E-state index is 0.398. The molecule has 0 aromatic heterocycles. The van der Waals surface area contributed by atoms with Crippen LogP contribution < -0.4 is 5.73 Å². The SMILES string of the molecule is Cc1ccc(C#CCCN=[N+]=[N-])c(N)c1. The quantitative estimate of drug-likeness (QED) is 0.195. The fourth-order valence-corrected chi connectivity index (χ4v) is 1.10. The lowest BCUT2D eigenvalue weighted by molar-refractivity contribution is 1.01. The summed E-state index contributed by atoms with van der Waals surface area (Å²) in [6.45, 7) is 2.38. The fourth-order valence-electron chi connectivity index (χ4n) is 1.10. The number of nitrogens with two attached hydrogens (primary N) is 1. The van der Waals surface area contributed by atoms with Gasteiger partial charge in [0.05, 0.1) is 0 Å². The summed E-state index contributed by atoms with van der Waals surface area (Å²) in [5.74, 6) is 5.84. The van der Waals surface area contributed by atoms with Crippen molar-refractivity contribution in [3.63, 3.8) is 0 Å². The number of benzene rings is 1. The van der Waals surface area contributed by atoms with E-state index >= 15 is 0 Å². The molecule has 0 fully saturated rings. The number of aryl methyl sites for hydroxylation is 1. The summed E-state index contributed by atoms with van der Waals surface area (Å²) in [6, 6.07) is 5.75. The van der Waals surface area contributed by atoms with Gasteiger partial charge in [-0.05, 0) is 30.2 Å². The first-order valence-corrected chi connectivity index (χ1v) is 4.60. The predicted octanol–water partition coefficient (Wildman–Crippen LogP) is 2.63. The second kappa shape index (κ2) is 5.58. The highest BCUT2D eigenvalue weighted by Gasteiger charge is 1.93. The van der Waals surface area contributed by atoms with Crippen LogP contribution in [0.4, 0.5) is 5.69 Å². The molecule has 1 rings (SSSR count). The number of rotatable bonds is 2. The van der Waals surface area contributed by atoms with Crippen molar-refractivity contribution < 1.29 is 0 Å². The molecule has 0 aliphatic carbocycles. The van der Waals surface area contributed by atoms with Gasteiger partial charge in [-0.3, -0.25) is 0 Å². The van der Waals surface area contributed by atoms with E-state index in [1.807, 2.05) is 25.1 Å². The highest BCUT2D eigenvalue weighted by atomic mass is 15.1. The van der Waals surface area contributed by atoms with E-state index in [0.717, 1.165) is 11.1 Å². The molecule has 0 heterocycles. The molecule has 76 valence electrons. The van der Waals surface area contributed by atoms with Gasteiger partial charge in [-0.15, -0.1) is 0 Å². The van der Waals surface area contributed by atoms with Crippen LogP contribution in [0.3, 0.4) is 0 Å². The van der Waals surface area contributed by atoms with Gasteiger partial charge in [0.15, 0.2) is 0 Å². The molecule has 1 aromatic carbocycles. The molecule has 15 heavy (non-hydrogen) atoms. The molecule has 0 spiro atoms. The summed E-state index contributed by atoms with van der Waals surface area (Å²) in [5.41, 5.74) is 16.5. The van der Waals surface area contributed by atoms with E-state index in [0.29, 0.717) is 18.7 Å². The zero-order valence-electron chi connectivity index (χ0n) is 8.57. The third kappa shape index (κ3) is 3.63. The van der Waals surface area contributed by atoms with Gasteiger partial charge in [0.25, 0.3) is 0 Å². The van der Waals surface area contributed by atoms with Crippen LogP contribution in [0.15, 0.2) is 23.3 Å². The van der Waals surface area contributed by atoms with Crippen molar-refractivity contribution >= 4 is 5.69 Å². The van der Waals surface area contributed by atoms with Crippen LogP contribution in [0.2, 0.25) is 0 Å². The highest BCUT2D eigenvalue weighted by Crippen LogP contribution is 2.11. The van der Waals surface area contributed by atoms with Crippen molar-refractivity contribution in [1.82, 2.24) is 0 Å². The summed E-state index contributed by atoms with van der Waals surface area (Å²) in [4.78, 5) is 2.64. The van der Waals surface area contributed by atoms with Gasteiger partial charge in [-0.2, -0.15) is 0 Å². The Morgan fingerprint density at radius 2 is 2.33 bits per heavy atom. The normalized spacial score (nSPS) is 8.60. The van der Waals surface area contributed by atoms with Crippen LogP contribution in [-0.2, 0) is 0 Å². The molecule has 0 aliphatic heterocycles. The number of hydrogen-bond acceptors (Lipinski definition) is 2. The van der Waals surface area contributed by atoms with Crippen LogP contribution in [-0.4, -0.2) is 6.54 Å². The van der Waals surface area contributed by atoms with Gasteiger partial charge in [0, 0.05) is 29.1 Å². The molecule has 0 unspecified atom stereocenters. The van der Waals surface area contributed by atoms with Crippen molar-refractivity contribution in [3.05, 3.63) is 39.8 Å². The summed E-state index contributed by atoms with van der Waals surface area (Å²) >= 11 is 0. The van der Waals surface area contributed by atoms with Crippen molar-refractivity contribution in [2.45, 2.75) is 13.3 Å². The van der Waals surface area contributed by atoms with Crippen molar-refractivity contribution in [3.8, 4) is 11.8 Å². The van der Waals surface area contributed by atoms with E-state index in [2.05, 4.69) is 21.9 Å². The third-order valence-corrected chi connectivity index (χ3v) is 1.83. The first-order chi connectivity index (χ1) is 7.24. The van der Waals surface area contributed by atoms with Crippen LogP contribution in [0.25, 0.3) is 10.4 Å². The Balaban J connectivity index is 2.67. The maximum atomic E-state index is 8.05. The summed E-state index contributed by atoms with van der Waals surface area (Å²) in [5, 5.41) is 3.39. The van der Waals surface area contributed by atoms with E-state index < -0.39 is 0 Å². The third-order valence-electron chi connectivity index (χ3n) is 1.83. The number of nitrogens with zero attached hydrogens (tertiary/aromatic N) is 3. The van der Waals surface area contributed by atoms with Crippen LogP contribution in [0, 0.1) is 18.8 Å². The Labute approximate surface area is 88.7 Å². The number of anilines is 1. The molecule has 0 bridgehead atoms. The van der Waals surface area contributed by atoms with Crippen molar-refractivity contribution in [1.29, 1.82) is 0 Å². The summed E-state index contributed by atoms with van der Waals surface area (Å²) in [6.07, 6.45) is 0.553. The molecule has 0 radical (unpaired) electrons. The van der Waals surface area contributed by atoms with Gasteiger partial charge in [-0.25, -0.2) is 0 Å². The molecule has 4 nitrogen and oxygen atoms in total. The molecule has 4 heteroatoms. The van der Waals surface area contributed by atoms with Gasteiger partial charge in [-0.1, -0.05) is 23.0 Å². The molecule has 0 amide bonds. The second-order valence-electron chi connectivity index (χ2n) is 3.10. The van der Waals surface area contributed by atoms with Crippen LogP contribution in [0.1, 0.15) is 17.5 Å². The highest BCUT2D eigenvalue weighted by molar-refractivity contribution is 5.57. The number of hydrogen-bond donors (Lipinski definition) is 1.